The van der Waals surface area contributed by atoms with Crippen molar-refractivity contribution < 1.29 is 19.8 Å². The van der Waals surface area contributed by atoms with Gasteiger partial charge in [0, 0.05) is 12.1 Å². The lowest BCUT2D eigenvalue weighted by molar-refractivity contribution is -0.139. The first-order chi connectivity index (χ1) is 9.99. The van der Waals surface area contributed by atoms with Crippen LogP contribution in [0.25, 0.3) is 0 Å². The van der Waals surface area contributed by atoms with Gasteiger partial charge < -0.3 is 15.5 Å². The highest BCUT2D eigenvalue weighted by molar-refractivity contribution is 5.85. The summed E-state index contributed by atoms with van der Waals surface area (Å²) in [5.41, 5.74) is 0.0111. The van der Waals surface area contributed by atoms with Crippen LogP contribution in [-0.2, 0) is 4.79 Å². The number of hydrogen-bond acceptors (Lipinski definition) is 5. The molecule has 7 nitrogen and oxygen atoms in total. The topological polar surface area (TPSA) is 103 Å². The zero-order chi connectivity index (χ0) is 15.4. The molecule has 0 radical (unpaired) electrons. The predicted octanol–water partition coefficient (Wildman–Crippen LogP) is 1.13. The highest BCUT2D eigenvalue weighted by Gasteiger charge is 2.33. The van der Waals surface area contributed by atoms with Gasteiger partial charge in [-0.3, -0.25) is 9.69 Å². The molecule has 0 aromatic carbocycles. The number of anilines is 1. The zero-order valence-electron chi connectivity index (χ0n) is 11.8. The average Bonchev–Trinajstić information content (AvgIpc) is 2.40. The van der Waals surface area contributed by atoms with Crippen LogP contribution >= 0.6 is 0 Å². The normalized spacial score (nSPS) is 20.9. The third-order valence-corrected chi connectivity index (χ3v) is 3.69. The first kappa shape index (κ1) is 15.2. The van der Waals surface area contributed by atoms with Crippen molar-refractivity contribution in [2.45, 2.75) is 31.8 Å². The van der Waals surface area contributed by atoms with Gasteiger partial charge in [0.05, 0.1) is 6.54 Å². The van der Waals surface area contributed by atoms with Crippen molar-refractivity contribution in [1.29, 1.82) is 0 Å². The molecule has 0 unspecified atom stereocenters. The third-order valence-electron chi connectivity index (χ3n) is 3.69. The molecule has 1 heterocycles. The van der Waals surface area contributed by atoms with Crippen molar-refractivity contribution in [3.05, 3.63) is 23.9 Å². The summed E-state index contributed by atoms with van der Waals surface area (Å²) in [5.74, 6) is -1.33. The van der Waals surface area contributed by atoms with E-state index in [0.29, 0.717) is 12.4 Å². The number of aromatic nitrogens is 1. The van der Waals surface area contributed by atoms with E-state index in [-0.39, 0.29) is 24.3 Å². The number of nitrogens with zero attached hydrogens (tertiary/aromatic N) is 2. The second-order valence-electron chi connectivity index (χ2n) is 5.14. The molecule has 0 spiro atoms. The first-order valence-corrected chi connectivity index (χ1v) is 6.92. The molecule has 1 saturated carbocycles. The molecule has 0 aliphatic heterocycles. The van der Waals surface area contributed by atoms with E-state index < -0.39 is 11.9 Å². The summed E-state index contributed by atoms with van der Waals surface area (Å²) in [6.45, 7) is 2.71. The number of nitrogens with one attached hydrogen (secondary N) is 1. The van der Waals surface area contributed by atoms with Gasteiger partial charge in [0.25, 0.3) is 0 Å². The second-order valence-corrected chi connectivity index (χ2v) is 5.14. The molecule has 2 rings (SSSR count). The number of carbonyl (C=O) groups is 2. The van der Waals surface area contributed by atoms with Crippen LogP contribution in [0.15, 0.2) is 18.2 Å². The Hall–Kier alpha value is -2.15. The quantitative estimate of drug-likeness (QED) is 0.692. The molecule has 21 heavy (non-hydrogen) atoms. The van der Waals surface area contributed by atoms with E-state index in [4.69, 9.17) is 10.2 Å². The number of carboxylic acids is 2. The van der Waals surface area contributed by atoms with Crippen LogP contribution in [0.5, 0.6) is 0 Å². The molecule has 3 N–H and O–H groups in total. The monoisotopic (exact) mass is 293 g/mol. The number of carboxylic acid groups (broad SMARTS) is 2. The Morgan fingerprint density at radius 3 is 2.67 bits per heavy atom. The Bertz CT molecular complexity index is 529. The van der Waals surface area contributed by atoms with Gasteiger partial charge in [-0.15, -0.1) is 0 Å². The van der Waals surface area contributed by atoms with E-state index in [1.165, 1.54) is 6.07 Å². The molecule has 0 amide bonds. The van der Waals surface area contributed by atoms with E-state index in [1.807, 2.05) is 11.8 Å². The fourth-order valence-electron chi connectivity index (χ4n) is 2.52. The minimum atomic E-state index is -1.05. The lowest BCUT2D eigenvalue weighted by Gasteiger charge is -2.42. The van der Waals surface area contributed by atoms with Crippen molar-refractivity contribution in [2.75, 3.05) is 18.4 Å². The van der Waals surface area contributed by atoms with Gasteiger partial charge in [-0.2, -0.15) is 0 Å². The van der Waals surface area contributed by atoms with Crippen molar-refractivity contribution >= 4 is 17.8 Å². The van der Waals surface area contributed by atoms with E-state index in [2.05, 4.69) is 10.3 Å². The van der Waals surface area contributed by atoms with Gasteiger partial charge in [-0.25, -0.2) is 9.78 Å². The summed E-state index contributed by atoms with van der Waals surface area (Å²) in [6.07, 6.45) is 1.67. The van der Waals surface area contributed by atoms with Crippen LogP contribution in [0.2, 0.25) is 0 Å². The Kier molecular flexibility index (Phi) is 4.74. The minimum Gasteiger partial charge on any atom is -0.480 e. The van der Waals surface area contributed by atoms with Crippen molar-refractivity contribution in [1.82, 2.24) is 9.88 Å². The SMILES string of the molecule is CCN(CC(=O)O)C1CC(Nc2cccc(C(=O)O)n2)C1. The zero-order valence-corrected chi connectivity index (χ0v) is 11.8. The number of pyridine rings is 1. The standard InChI is InChI=1S/C14H19N3O4/c1-2-17(8-13(18)19)10-6-9(7-10)15-12-5-3-4-11(16-12)14(20)21/h3-5,9-10H,2,6-8H2,1H3,(H,15,16)(H,18,19)(H,20,21). The third kappa shape index (κ3) is 3.91. The van der Waals surface area contributed by atoms with Crippen LogP contribution in [0.1, 0.15) is 30.3 Å². The molecule has 1 aromatic heterocycles. The first-order valence-electron chi connectivity index (χ1n) is 6.92. The smallest absolute Gasteiger partial charge is 0.354 e. The summed E-state index contributed by atoms with van der Waals surface area (Å²) >= 11 is 0. The molecule has 0 saturated heterocycles. The van der Waals surface area contributed by atoms with Gasteiger partial charge in [-0.05, 0) is 31.5 Å². The number of rotatable bonds is 7. The molecule has 0 atom stereocenters. The lowest BCUT2D eigenvalue weighted by atomic mass is 9.85. The summed E-state index contributed by atoms with van der Waals surface area (Å²) in [6, 6.07) is 5.29. The molecular weight excluding hydrogens is 274 g/mol. The molecule has 114 valence electrons. The lowest BCUT2D eigenvalue weighted by Crippen LogP contribution is -2.51. The van der Waals surface area contributed by atoms with Crippen molar-refractivity contribution in [2.24, 2.45) is 0 Å². The average molecular weight is 293 g/mol. The Labute approximate surface area is 122 Å². The molecule has 1 aromatic rings. The van der Waals surface area contributed by atoms with Crippen LogP contribution in [-0.4, -0.2) is 57.2 Å². The second kappa shape index (κ2) is 6.53. The highest BCUT2D eigenvalue weighted by atomic mass is 16.4. The molecule has 1 aliphatic rings. The molecular formula is C14H19N3O4. The van der Waals surface area contributed by atoms with Crippen molar-refractivity contribution in [3.8, 4) is 0 Å². The Balaban J connectivity index is 1.86. The molecule has 1 aliphatic carbocycles. The van der Waals surface area contributed by atoms with E-state index >= 15 is 0 Å². The number of aromatic carboxylic acids is 1. The maximum atomic E-state index is 10.9. The molecule has 1 fully saturated rings. The maximum Gasteiger partial charge on any atom is 0.354 e. The summed E-state index contributed by atoms with van der Waals surface area (Å²) < 4.78 is 0. The van der Waals surface area contributed by atoms with E-state index in [1.54, 1.807) is 12.1 Å². The fraction of sp³-hybridized carbons (Fsp3) is 0.500. The van der Waals surface area contributed by atoms with E-state index in [0.717, 1.165) is 12.8 Å². The van der Waals surface area contributed by atoms with Gasteiger partial charge in [-0.1, -0.05) is 13.0 Å². The van der Waals surface area contributed by atoms with Crippen molar-refractivity contribution in [3.63, 3.8) is 0 Å². The largest absolute Gasteiger partial charge is 0.480 e. The van der Waals surface area contributed by atoms with Gasteiger partial charge in [0.15, 0.2) is 5.69 Å². The Morgan fingerprint density at radius 1 is 1.38 bits per heavy atom. The number of likely N-dealkylation sites (N-methyl/N-ethyl adjacent to an activating group) is 1. The van der Waals surface area contributed by atoms with Gasteiger partial charge >= 0.3 is 11.9 Å². The highest BCUT2D eigenvalue weighted by Crippen LogP contribution is 2.28. The molecule has 7 heteroatoms. The fourth-order valence-corrected chi connectivity index (χ4v) is 2.52. The predicted molar refractivity (Wildman–Crippen MR) is 76.5 cm³/mol. The number of hydrogen-bond donors (Lipinski definition) is 3. The van der Waals surface area contributed by atoms with Crippen LogP contribution in [0.3, 0.4) is 0 Å². The van der Waals surface area contributed by atoms with Crippen LogP contribution in [0.4, 0.5) is 5.82 Å². The summed E-state index contributed by atoms with van der Waals surface area (Å²) in [7, 11) is 0. The molecule has 0 bridgehead atoms. The Morgan fingerprint density at radius 2 is 2.10 bits per heavy atom. The maximum absolute atomic E-state index is 10.9. The number of aliphatic carboxylic acids is 1. The van der Waals surface area contributed by atoms with Crippen LogP contribution in [0, 0.1) is 0 Å². The van der Waals surface area contributed by atoms with E-state index in [9.17, 15) is 9.59 Å². The summed E-state index contributed by atoms with van der Waals surface area (Å²) in [4.78, 5) is 27.6. The van der Waals surface area contributed by atoms with Crippen LogP contribution < -0.4 is 5.32 Å². The van der Waals surface area contributed by atoms with Gasteiger partial charge in [0.1, 0.15) is 5.82 Å². The minimum absolute atomic E-state index is 0.0111. The van der Waals surface area contributed by atoms with Gasteiger partial charge in [0.2, 0.25) is 0 Å². The summed E-state index contributed by atoms with van der Waals surface area (Å²) in [5, 5.41) is 20.9.